The van der Waals surface area contributed by atoms with Gasteiger partial charge in [-0.25, -0.2) is 4.79 Å². The van der Waals surface area contributed by atoms with Crippen molar-refractivity contribution < 1.29 is 23.1 Å². The Morgan fingerprint density at radius 2 is 2.08 bits per heavy atom. The molecule has 2 bridgehead atoms. The first-order chi connectivity index (χ1) is 11.2. The Kier molecular flexibility index (Phi) is 4.55. The Hall–Kier alpha value is -1.28. The highest BCUT2D eigenvalue weighted by atomic mass is 79.9. The third-order valence-corrected chi connectivity index (χ3v) is 5.52. The van der Waals surface area contributed by atoms with Crippen molar-refractivity contribution in [1.82, 2.24) is 10.6 Å². The molecule has 0 radical (unpaired) electrons. The minimum atomic E-state index is -4.20. The first-order valence-electron chi connectivity index (χ1n) is 7.74. The SMILES string of the molecule is O=C(N[C@H](CO)c1cccc(Br)c1)NC12CC(C1)[C@@H](C(F)(F)F)C2. The van der Waals surface area contributed by atoms with Crippen molar-refractivity contribution in [1.29, 1.82) is 0 Å². The molecule has 24 heavy (non-hydrogen) atoms. The fourth-order valence-corrected chi connectivity index (χ4v) is 4.33. The summed E-state index contributed by atoms with van der Waals surface area (Å²) in [4.78, 5) is 12.2. The number of halogens is 4. The molecule has 3 saturated carbocycles. The number of aliphatic hydroxyl groups is 1. The Morgan fingerprint density at radius 1 is 1.38 bits per heavy atom. The largest absolute Gasteiger partial charge is 0.394 e. The van der Waals surface area contributed by atoms with Crippen LogP contribution in [0.15, 0.2) is 28.7 Å². The van der Waals surface area contributed by atoms with Gasteiger partial charge in [0.05, 0.1) is 18.6 Å². The Labute approximate surface area is 145 Å². The zero-order chi connectivity index (χ0) is 17.5. The van der Waals surface area contributed by atoms with E-state index in [2.05, 4.69) is 26.6 Å². The van der Waals surface area contributed by atoms with Crippen molar-refractivity contribution in [3.63, 3.8) is 0 Å². The van der Waals surface area contributed by atoms with Gasteiger partial charge in [-0.05, 0) is 42.9 Å². The van der Waals surface area contributed by atoms with Gasteiger partial charge in [-0.1, -0.05) is 28.1 Å². The molecule has 0 spiro atoms. The second kappa shape index (κ2) is 6.22. The van der Waals surface area contributed by atoms with Crippen LogP contribution in [-0.4, -0.2) is 29.5 Å². The average molecular weight is 407 g/mol. The zero-order valence-electron chi connectivity index (χ0n) is 12.7. The molecule has 3 aliphatic rings. The molecule has 2 atom stereocenters. The second-order valence-corrected chi connectivity index (χ2v) is 7.61. The van der Waals surface area contributed by atoms with Crippen LogP contribution in [0.3, 0.4) is 0 Å². The number of hydrogen-bond donors (Lipinski definition) is 3. The Bertz CT molecular complexity index is 632. The van der Waals surface area contributed by atoms with Gasteiger partial charge >= 0.3 is 12.2 Å². The van der Waals surface area contributed by atoms with Gasteiger partial charge in [0.25, 0.3) is 0 Å². The van der Waals surface area contributed by atoms with Gasteiger partial charge in [-0.15, -0.1) is 0 Å². The summed E-state index contributed by atoms with van der Waals surface area (Å²) < 4.78 is 39.5. The fourth-order valence-electron chi connectivity index (χ4n) is 3.91. The summed E-state index contributed by atoms with van der Waals surface area (Å²) in [6.07, 6.45) is -3.53. The van der Waals surface area contributed by atoms with Crippen molar-refractivity contribution in [3.8, 4) is 0 Å². The highest BCUT2D eigenvalue weighted by Crippen LogP contribution is 2.60. The van der Waals surface area contributed by atoms with Gasteiger partial charge < -0.3 is 15.7 Å². The van der Waals surface area contributed by atoms with Crippen LogP contribution in [0, 0.1) is 11.8 Å². The first kappa shape index (κ1) is 17.5. The summed E-state index contributed by atoms with van der Waals surface area (Å²) in [5, 5.41) is 14.8. The van der Waals surface area contributed by atoms with E-state index in [-0.39, 0.29) is 18.9 Å². The number of rotatable bonds is 4. The molecule has 0 aliphatic heterocycles. The highest BCUT2D eigenvalue weighted by molar-refractivity contribution is 9.10. The van der Waals surface area contributed by atoms with E-state index in [1.54, 1.807) is 18.2 Å². The minimum absolute atomic E-state index is 0.0603. The van der Waals surface area contributed by atoms with Crippen LogP contribution in [0.2, 0.25) is 0 Å². The fraction of sp³-hybridized carbons (Fsp3) is 0.562. The number of nitrogens with one attached hydrogen (secondary N) is 2. The van der Waals surface area contributed by atoms with Crippen LogP contribution >= 0.6 is 15.9 Å². The van der Waals surface area contributed by atoms with Crippen LogP contribution < -0.4 is 10.6 Å². The number of alkyl halides is 3. The van der Waals surface area contributed by atoms with E-state index in [0.717, 1.165) is 4.47 Å². The molecule has 3 aliphatic carbocycles. The van der Waals surface area contributed by atoms with Crippen molar-refractivity contribution >= 4 is 22.0 Å². The van der Waals surface area contributed by atoms with E-state index in [9.17, 15) is 23.1 Å². The molecule has 0 aromatic heterocycles. The summed E-state index contributed by atoms with van der Waals surface area (Å²) in [6.45, 7) is -0.301. The maximum Gasteiger partial charge on any atom is 0.392 e. The van der Waals surface area contributed by atoms with Crippen LogP contribution in [-0.2, 0) is 0 Å². The van der Waals surface area contributed by atoms with Crippen LogP contribution in [0.25, 0.3) is 0 Å². The highest BCUT2D eigenvalue weighted by Gasteiger charge is 2.64. The predicted octanol–water partition coefficient (Wildman–Crippen LogP) is 3.51. The van der Waals surface area contributed by atoms with Crippen LogP contribution in [0.1, 0.15) is 30.9 Å². The van der Waals surface area contributed by atoms with Crippen molar-refractivity contribution in [2.75, 3.05) is 6.61 Å². The molecule has 8 heteroatoms. The molecule has 0 heterocycles. The number of carbonyl (C=O) groups is 1. The third-order valence-electron chi connectivity index (χ3n) is 5.02. The van der Waals surface area contributed by atoms with E-state index in [1.807, 2.05) is 6.07 Å². The Morgan fingerprint density at radius 3 is 2.62 bits per heavy atom. The lowest BCUT2D eigenvalue weighted by molar-refractivity contribution is -0.180. The Balaban J connectivity index is 1.60. The molecular formula is C16H18BrF3N2O2. The van der Waals surface area contributed by atoms with E-state index >= 15 is 0 Å². The first-order valence-corrected chi connectivity index (χ1v) is 8.53. The summed E-state index contributed by atoms with van der Waals surface area (Å²) in [6, 6.07) is 5.97. The standard InChI is InChI=1S/C16H18BrF3N2O2/c17-11-3-1-2-9(4-11)13(8-23)21-14(24)22-15-5-10(6-15)12(7-15)16(18,19)20/h1-4,10,12-13,23H,5-8H2,(H2,21,22,24)/t10?,12-,13+,15?/m0/s1. The third kappa shape index (κ3) is 3.39. The summed E-state index contributed by atoms with van der Waals surface area (Å²) >= 11 is 3.32. The zero-order valence-corrected chi connectivity index (χ0v) is 14.3. The number of carbonyl (C=O) groups excluding carboxylic acids is 1. The van der Waals surface area contributed by atoms with Crippen LogP contribution in [0.4, 0.5) is 18.0 Å². The monoisotopic (exact) mass is 406 g/mol. The van der Waals surface area contributed by atoms with Crippen molar-refractivity contribution in [2.24, 2.45) is 11.8 Å². The van der Waals surface area contributed by atoms with Gasteiger partial charge in [0.2, 0.25) is 0 Å². The topological polar surface area (TPSA) is 61.4 Å². The number of benzene rings is 1. The van der Waals surface area contributed by atoms with Gasteiger partial charge in [-0.2, -0.15) is 13.2 Å². The smallest absolute Gasteiger partial charge is 0.392 e. The predicted molar refractivity (Wildman–Crippen MR) is 85.3 cm³/mol. The molecule has 4 rings (SSSR count). The number of aliphatic hydroxyl groups excluding tert-OH is 1. The lowest BCUT2D eigenvalue weighted by Gasteiger charge is -2.39. The van der Waals surface area contributed by atoms with Gasteiger partial charge in [-0.3, -0.25) is 0 Å². The van der Waals surface area contributed by atoms with Crippen molar-refractivity contribution in [3.05, 3.63) is 34.3 Å². The quantitative estimate of drug-likeness (QED) is 0.716. The molecule has 0 saturated heterocycles. The van der Waals surface area contributed by atoms with Gasteiger partial charge in [0.15, 0.2) is 0 Å². The van der Waals surface area contributed by atoms with E-state index < -0.39 is 29.7 Å². The summed E-state index contributed by atoms with van der Waals surface area (Å²) in [7, 11) is 0. The molecular weight excluding hydrogens is 389 g/mol. The number of urea groups is 1. The van der Waals surface area contributed by atoms with Gasteiger partial charge in [0, 0.05) is 10.0 Å². The minimum Gasteiger partial charge on any atom is -0.394 e. The van der Waals surface area contributed by atoms with Crippen molar-refractivity contribution in [2.45, 2.75) is 37.0 Å². The maximum absolute atomic E-state index is 12.9. The summed E-state index contributed by atoms with van der Waals surface area (Å²) in [5.74, 6) is -1.71. The van der Waals surface area contributed by atoms with E-state index in [4.69, 9.17) is 0 Å². The number of fused-ring (bicyclic) bond motifs is 1. The lowest BCUT2D eigenvalue weighted by Crippen LogP contribution is -2.55. The molecule has 2 amide bonds. The normalized spacial score (nSPS) is 29.7. The van der Waals surface area contributed by atoms with Gasteiger partial charge in [0.1, 0.15) is 0 Å². The number of hydrogen-bond acceptors (Lipinski definition) is 2. The maximum atomic E-state index is 12.9. The lowest BCUT2D eigenvalue weighted by atomic mass is 9.76. The summed E-state index contributed by atoms with van der Waals surface area (Å²) in [5.41, 5.74) is -0.0442. The molecule has 3 fully saturated rings. The second-order valence-electron chi connectivity index (χ2n) is 6.69. The van der Waals surface area contributed by atoms with E-state index in [1.165, 1.54) is 0 Å². The molecule has 4 nitrogen and oxygen atoms in total. The average Bonchev–Trinajstić information content (AvgIpc) is 3.00. The molecule has 3 N–H and O–H groups in total. The molecule has 1 aromatic carbocycles. The van der Waals surface area contributed by atoms with Crippen LogP contribution in [0.5, 0.6) is 0 Å². The molecule has 132 valence electrons. The van der Waals surface area contributed by atoms with E-state index in [0.29, 0.717) is 18.4 Å². The molecule has 0 unspecified atom stereocenters. The molecule has 1 aromatic rings. The number of amides is 2.